The maximum Gasteiger partial charge on any atom is 0.308 e. The van der Waals surface area contributed by atoms with Gasteiger partial charge in [0.15, 0.2) is 0 Å². The van der Waals surface area contributed by atoms with Crippen LogP contribution in [0.2, 0.25) is 0 Å². The molecule has 2 saturated carbocycles. The standard InChI is InChI=1S/C8H13NO2/c9-7-5-2-1-4(3-5)6(7)8(10)11/h4-7H,1-3,9H2,(H,10,11)/t4?,5?,6-,7+/m1/s1. The molecule has 62 valence electrons. The Balaban J connectivity index is 2.17. The zero-order chi connectivity index (χ0) is 8.01. The van der Waals surface area contributed by atoms with E-state index in [2.05, 4.69) is 0 Å². The van der Waals surface area contributed by atoms with Crippen LogP contribution in [0.1, 0.15) is 19.3 Å². The lowest BCUT2D eigenvalue weighted by Crippen LogP contribution is -2.40. The molecule has 2 aliphatic carbocycles. The van der Waals surface area contributed by atoms with Crippen LogP contribution in [0.3, 0.4) is 0 Å². The molecule has 0 aromatic carbocycles. The lowest BCUT2D eigenvalue weighted by atomic mass is 9.85. The average molecular weight is 155 g/mol. The Bertz CT molecular complexity index is 191. The number of fused-ring (bicyclic) bond motifs is 2. The molecule has 2 bridgehead atoms. The van der Waals surface area contributed by atoms with Crippen molar-refractivity contribution in [2.24, 2.45) is 23.5 Å². The van der Waals surface area contributed by atoms with E-state index in [1.54, 1.807) is 0 Å². The van der Waals surface area contributed by atoms with Crippen LogP contribution in [-0.2, 0) is 4.79 Å². The van der Waals surface area contributed by atoms with Gasteiger partial charge < -0.3 is 10.8 Å². The summed E-state index contributed by atoms with van der Waals surface area (Å²) in [5.41, 5.74) is 5.78. The number of carbonyl (C=O) groups is 1. The molecule has 0 spiro atoms. The molecule has 2 aliphatic rings. The molecule has 2 fully saturated rings. The number of aliphatic carboxylic acids is 1. The number of carboxylic acids is 1. The van der Waals surface area contributed by atoms with E-state index in [9.17, 15) is 4.79 Å². The van der Waals surface area contributed by atoms with Crippen molar-refractivity contribution in [1.82, 2.24) is 0 Å². The zero-order valence-electron chi connectivity index (χ0n) is 6.36. The van der Waals surface area contributed by atoms with Gasteiger partial charge in [-0.3, -0.25) is 4.79 Å². The van der Waals surface area contributed by atoms with Gasteiger partial charge in [-0.25, -0.2) is 0 Å². The SMILES string of the molecule is N[C@H]1C2CCC(C2)[C@H]1C(=O)O. The normalized spacial score (nSPS) is 48.1. The number of hydrogen-bond donors (Lipinski definition) is 2. The summed E-state index contributed by atoms with van der Waals surface area (Å²) in [5.74, 6) is -0.0490. The fourth-order valence-corrected chi connectivity index (χ4v) is 2.70. The predicted molar refractivity (Wildman–Crippen MR) is 39.9 cm³/mol. The largest absolute Gasteiger partial charge is 0.481 e. The molecule has 3 N–H and O–H groups in total. The van der Waals surface area contributed by atoms with Gasteiger partial charge in [-0.2, -0.15) is 0 Å². The Labute approximate surface area is 65.6 Å². The lowest BCUT2D eigenvalue weighted by molar-refractivity contribution is -0.144. The molecule has 0 aromatic heterocycles. The van der Waals surface area contributed by atoms with E-state index in [0.29, 0.717) is 11.8 Å². The van der Waals surface area contributed by atoms with Crippen molar-refractivity contribution >= 4 is 5.97 Å². The van der Waals surface area contributed by atoms with E-state index in [-0.39, 0.29) is 12.0 Å². The van der Waals surface area contributed by atoms with E-state index in [0.717, 1.165) is 19.3 Å². The van der Waals surface area contributed by atoms with Gasteiger partial charge in [0, 0.05) is 6.04 Å². The maximum atomic E-state index is 10.7. The van der Waals surface area contributed by atoms with Gasteiger partial charge in [0.05, 0.1) is 5.92 Å². The molecule has 0 radical (unpaired) electrons. The first-order valence-electron chi connectivity index (χ1n) is 4.18. The topological polar surface area (TPSA) is 63.3 Å². The first-order valence-corrected chi connectivity index (χ1v) is 4.18. The Morgan fingerprint density at radius 1 is 1.36 bits per heavy atom. The molecule has 11 heavy (non-hydrogen) atoms. The third-order valence-corrected chi connectivity index (χ3v) is 3.27. The van der Waals surface area contributed by atoms with Crippen LogP contribution in [0.4, 0.5) is 0 Å². The Kier molecular flexibility index (Phi) is 1.42. The van der Waals surface area contributed by atoms with E-state index in [4.69, 9.17) is 10.8 Å². The number of nitrogens with two attached hydrogens (primary N) is 1. The molecule has 0 amide bonds. The second-order valence-corrected chi connectivity index (χ2v) is 3.77. The van der Waals surface area contributed by atoms with Crippen molar-refractivity contribution in [1.29, 1.82) is 0 Å². The highest BCUT2D eigenvalue weighted by Gasteiger charge is 2.49. The second-order valence-electron chi connectivity index (χ2n) is 3.77. The van der Waals surface area contributed by atoms with Gasteiger partial charge in [-0.15, -0.1) is 0 Å². The summed E-state index contributed by atoms with van der Waals surface area (Å²) < 4.78 is 0. The molecular formula is C8H13NO2. The van der Waals surface area contributed by atoms with E-state index in [1.807, 2.05) is 0 Å². The minimum absolute atomic E-state index is 0.0637. The Morgan fingerprint density at radius 2 is 2.00 bits per heavy atom. The third kappa shape index (κ3) is 0.872. The Morgan fingerprint density at radius 3 is 2.36 bits per heavy atom. The summed E-state index contributed by atoms with van der Waals surface area (Å²) in [7, 11) is 0. The highest BCUT2D eigenvalue weighted by molar-refractivity contribution is 5.72. The summed E-state index contributed by atoms with van der Waals surface area (Å²) >= 11 is 0. The van der Waals surface area contributed by atoms with Gasteiger partial charge >= 0.3 is 5.97 Å². The number of hydrogen-bond acceptors (Lipinski definition) is 2. The monoisotopic (exact) mass is 155 g/mol. The first-order chi connectivity index (χ1) is 5.20. The number of carboxylic acid groups (broad SMARTS) is 1. The minimum atomic E-state index is -0.690. The molecule has 4 atom stereocenters. The first kappa shape index (κ1) is 7.10. The van der Waals surface area contributed by atoms with Crippen LogP contribution in [0.25, 0.3) is 0 Å². The van der Waals surface area contributed by atoms with Crippen LogP contribution in [-0.4, -0.2) is 17.1 Å². The third-order valence-electron chi connectivity index (χ3n) is 3.27. The van der Waals surface area contributed by atoms with Crippen LogP contribution < -0.4 is 5.73 Å². The molecule has 0 heterocycles. The predicted octanol–water partition coefficient (Wildman–Crippen LogP) is 0.444. The second kappa shape index (κ2) is 2.21. The van der Waals surface area contributed by atoms with Gasteiger partial charge in [0.2, 0.25) is 0 Å². The fourth-order valence-electron chi connectivity index (χ4n) is 2.70. The van der Waals surface area contributed by atoms with E-state index < -0.39 is 5.97 Å². The smallest absolute Gasteiger partial charge is 0.308 e. The quantitative estimate of drug-likeness (QED) is 0.577. The molecule has 0 saturated heterocycles. The molecule has 0 aliphatic heterocycles. The van der Waals surface area contributed by atoms with Crippen LogP contribution in [0.15, 0.2) is 0 Å². The average Bonchev–Trinajstić information content (AvgIpc) is 2.44. The highest BCUT2D eigenvalue weighted by atomic mass is 16.4. The van der Waals surface area contributed by atoms with Crippen molar-refractivity contribution in [3.05, 3.63) is 0 Å². The lowest BCUT2D eigenvalue weighted by Gasteiger charge is -2.23. The van der Waals surface area contributed by atoms with Crippen LogP contribution >= 0.6 is 0 Å². The Hall–Kier alpha value is -0.570. The summed E-state index contributed by atoms with van der Waals surface area (Å²) in [6, 6.07) is -0.0637. The van der Waals surface area contributed by atoms with Gasteiger partial charge in [-0.05, 0) is 31.1 Å². The van der Waals surface area contributed by atoms with Gasteiger partial charge in [-0.1, -0.05) is 0 Å². The maximum absolute atomic E-state index is 10.7. The molecular weight excluding hydrogens is 142 g/mol. The molecule has 3 nitrogen and oxygen atoms in total. The summed E-state index contributed by atoms with van der Waals surface area (Å²) in [6.07, 6.45) is 3.28. The molecule has 3 heteroatoms. The fraction of sp³-hybridized carbons (Fsp3) is 0.875. The summed E-state index contributed by atoms with van der Waals surface area (Å²) in [4.78, 5) is 10.7. The van der Waals surface area contributed by atoms with Crippen molar-refractivity contribution in [2.75, 3.05) is 0 Å². The van der Waals surface area contributed by atoms with Gasteiger partial charge in [0.1, 0.15) is 0 Å². The van der Waals surface area contributed by atoms with Gasteiger partial charge in [0.25, 0.3) is 0 Å². The van der Waals surface area contributed by atoms with E-state index >= 15 is 0 Å². The van der Waals surface area contributed by atoms with Crippen molar-refractivity contribution < 1.29 is 9.90 Å². The highest BCUT2D eigenvalue weighted by Crippen LogP contribution is 2.47. The van der Waals surface area contributed by atoms with Crippen molar-refractivity contribution in [2.45, 2.75) is 25.3 Å². The number of rotatable bonds is 1. The van der Waals surface area contributed by atoms with Crippen molar-refractivity contribution in [3.63, 3.8) is 0 Å². The van der Waals surface area contributed by atoms with E-state index in [1.165, 1.54) is 0 Å². The van der Waals surface area contributed by atoms with Crippen LogP contribution in [0, 0.1) is 17.8 Å². The minimum Gasteiger partial charge on any atom is -0.481 e. The molecule has 2 rings (SSSR count). The van der Waals surface area contributed by atoms with Crippen LogP contribution in [0.5, 0.6) is 0 Å². The summed E-state index contributed by atoms with van der Waals surface area (Å²) in [5, 5.41) is 8.83. The van der Waals surface area contributed by atoms with Crippen molar-refractivity contribution in [3.8, 4) is 0 Å². The zero-order valence-corrected chi connectivity index (χ0v) is 6.36. The molecule has 2 unspecified atom stereocenters. The summed E-state index contributed by atoms with van der Waals surface area (Å²) in [6.45, 7) is 0. The molecule has 0 aromatic rings.